The standard InChI is InChI=1S/C24H27N7O/c1-29-21-20(28-23(29)24(32)25-14-16-6-7-16)22(27-15-26-21)30-11-9-18(10-12-30)31-13-8-17-4-2-3-5-19(17)31/h2-5,8,13,15-16,18H,6-7,9-12,14H2,1H3,(H,25,32). The van der Waals surface area contributed by atoms with Gasteiger partial charge in [0.25, 0.3) is 5.91 Å². The summed E-state index contributed by atoms with van der Waals surface area (Å²) in [6.07, 6.45) is 8.26. The predicted octanol–water partition coefficient (Wildman–Crippen LogP) is 3.30. The molecule has 2 aliphatic rings. The molecule has 0 spiro atoms. The average Bonchev–Trinajstić information content (AvgIpc) is 3.47. The van der Waals surface area contributed by atoms with Crippen LogP contribution in [0.5, 0.6) is 0 Å². The van der Waals surface area contributed by atoms with Crippen LogP contribution in [0.1, 0.15) is 42.3 Å². The van der Waals surface area contributed by atoms with Gasteiger partial charge in [0.2, 0.25) is 5.82 Å². The van der Waals surface area contributed by atoms with Crippen LogP contribution in [0.3, 0.4) is 0 Å². The van der Waals surface area contributed by atoms with E-state index in [0.717, 1.165) is 38.3 Å². The third-order valence-corrected chi connectivity index (χ3v) is 6.88. The van der Waals surface area contributed by atoms with Crippen LogP contribution in [0, 0.1) is 5.92 Å². The molecule has 1 aliphatic heterocycles. The highest BCUT2D eigenvalue weighted by Gasteiger charge is 2.27. The third kappa shape index (κ3) is 3.30. The summed E-state index contributed by atoms with van der Waals surface area (Å²) in [4.78, 5) is 28.6. The number of para-hydroxylation sites is 1. The Morgan fingerprint density at radius 1 is 1.09 bits per heavy atom. The van der Waals surface area contributed by atoms with E-state index in [4.69, 9.17) is 0 Å². The fraction of sp³-hybridized carbons (Fsp3) is 0.417. The Labute approximate surface area is 186 Å². The molecule has 0 bridgehead atoms. The van der Waals surface area contributed by atoms with Crippen LogP contribution in [-0.2, 0) is 7.05 Å². The maximum atomic E-state index is 12.7. The molecule has 8 nitrogen and oxygen atoms in total. The van der Waals surface area contributed by atoms with Crippen molar-refractivity contribution in [3.63, 3.8) is 0 Å². The third-order valence-electron chi connectivity index (χ3n) is 6.88. The summed E-state index contributed by atoms with van der Waals surface area (Å²) in [5, 5.41) is 4.30. The minimum Gasteiger partial charge on any atom is -0.355 e. The summed E-state index contributed by atoms with van der Waals surface area (Å²) in [7, 11) is 1.85. The van der Waals surface area contributed by atoms with Gasteiger partial charge in [0.05, 0.1) is 0 Å². The van der Waals surface area contributed by atoms with Gasteiger partial charge < -0.3 is 19.4 Å². The van der Waals surface area contributed by atoms with Gasteiger partial charge in [-0.15, -0.1) is 0 Å². The van der Waals surface area contributed by atoms with E-state index in [1.165, 1.54) is 23.7 Å². The Bertz CT molecular complexity index is 1290. The first-order valence-electron chi connectivity index (χ1n) is 11.4. The van der Waals surface area contributed by atoms with Crippen molar-refractivity contribution in [3.05, 3.63) is 48.7 Å². The van der Waals surface area contributed by atoms with Crippen molar-refractivity contribution in [2.24, 2.45) is 13.0 Å². The molecule has 4 heterocycles. The molecule has 0 radical (unpaired) electrons. The number of benzene rings is 1. The van der Waals surface area contributed by atoms with Gasteiger partial charge in [-0.05, 0) is 49.1 Å². The number of aryl methyl sites for hydroxylation is 1. The van der Waals surface area contributed by atoms with Crippen molar-refractivity contribution >= 4 is 33.8 Å². The van der Waals surface area contributed by atoms with Crippen molar-refractivity contribution in [1.29, 1.82) is 0 Å². The summed E-state index contributed by atoms with van der Waals surface area (Å²) < 4.78 is 4.19. The summed E-state index contributed by atoms with van der Waals surface area (Å²) >= 11 is 0. The number of imidazole rings is 1. The molecule has 1 amide bonds. The molecule has 6 rings (SSSR count). The molecule has 164 valence electrons. The SMILES string of the molecule is Cn1c(C(=O)NCC2CC2)nc2c(N3CCC(n4ccc5ccccc54)CC3)ncnc21. The highest BCUT2D eigenvalue weighted by molar-refractivity contribution is 5.96. The second-order valence-corrected chi connectivity index (χ2v) is 9.02. The van der Waals surface area contributed by atoms with Crippen molar-refractivity contribution in [2.45, 2.75) is 31.7 Å². The lowest BCUT2D eigenvalue weighted by atomic mass is 10.0. The number of amides is 1. The molecular weight excluding hydrogens is 402 g/mol. The van der Waals surface area contributed by atoms with Crippen molar-refractivity contribution in [3.8, 4) is 0 Å². The highest BCUT2D eigenvalue weighted by Crippen LogP contribution is 2.32. The molecule has 4 aromatic rings. The molecule has 3 aromatic heterocycles. The van der Waals surface area contributed by atoms with Crippen LogP contribution < -0.4 is 10.2 Å². The Morgan fingerprint density at radius 3 is 2.72 bits per heavy atom. The zero-order chi connectivity index (χ0) is 21.7. The lowest BCUT2D eigenvalue weighted by molar-refractivity contribution is 0.0939. The van der Waals surface area contributed by atoms with E-state index < -0.39 is 0 Å². The summed E-state index contributed by atoms with van der Waals surface area (Å²) in [6, 6.07) is 11.2. The molecule has 32 heavy (non-hydrogen) atoms. The van der Waals surface area contributed by atoms with E-state index in [0.29, 0.717) is 28.9 Å². The summed E-state index contributed by atoms with van der Waals surface area (Å²) in [5.41, 5.74) is 2.70. The Kier molecular flexibility index (Phi) is 4.59. The number of nitrogens with zero attached hydrogens (tertiary/aromatic N) is 6. The monoisotopic (exact) mass is 429 g/mol. The van der Waals surface area contributed by atoms with E-state index >= 15 is 0 Å². The first-order valence-corrected chi connectivity index (χ1v) is 11.4. The van der Waals surface area contributed by atoms with E-state index in [-0.39, 0.29) is 5.91 Å². The van der Waals surface area contributed by atoms with Gasteiger partial charge >= 0.3 is 0 Å². The number of carbonyl (C=O) groups is 1. The fourth-order valence-electron chi connectivity index (χ4n) is 4.84. The van der Waals surface area contributed by atoms with Crippen LogP contribution in [0.4, 0.5) is 5.82 Å². The summed E-state index contributed by atoms with van der Waals surface area (Å²) in [6.45, 7) is 2.51. The Hall–Kier alpha value is -3.42. The topological polar surface area (TPSA) is 80.9 Å². The van der Waals surface area contributed by atoms with Crippen LogP contribution in [0.15, 0.2) is 42.9 Å². The van der Waals surface area contributed by atoms with E-state index in [2.05, 4.69) is 66.3 Å². The van der Waals surface area contributed by atoms with Crippen molar-refractivity contribution in [1.82, 2.24) is 29.4 Å². The van der Waals surface area contributed by atoms with Gasteiger partial charge in [-0.1, -0.05) is 18.2 Å². The molecule has 1 aliphatic carbocycles. The van der Waals surface area contributed by atoms with E-state index in [1.54, 1.807) is 10.9 Å². The second kappa shape index (κ2) is 7.62. The normalized spacial score (nSPS) is 17.3. The van der Waals surface area contributed by atoms with Crippen LogP contribution in [0.25, 0.3) is 22.1 Å². The number of anilines is 1. The van der Waals surface area contributed by atoms with Crippen LogP contribution >= 0.6 is 0 Å². The quantitative estimate of drug-likeness (QED) is 0.527. The van der Waals surface area contributed by atoms with Crippen LogP contribution in [-0.4, -0.2) is 49.6 Å². The molecule has 0 unspecified atom stereocenters. The van der Waals surface area contributed by atoms with Gasteiger partial charge in [0.15, 0.2) is 17.0 Å². The number of rotatable bonds is 5. The molecular formula is C24H27N7O. The Balaban J connectivity index is 1.23. The van der Waals surface area contributed by atoms with Crippen molar-refractivity contribution in [2.75, 3.05) is 24.5 Å². The Morgan fingerprint density at radius 2 is 1.91 bits per heavy atom. The molecule has 1 saturated heterocycles. The number of aromatic nitrogens is 5. The first kappa shape index (κ1) is 19.3. The minimum absolute atomic E-state index is 0.137. The highest BCUT2D eigenvalue weighted by atomic mass is 16.2. The number of piperidine rings is 1. The molecule has 0 atom stereocenters. The fourth-order valence-corrected chi connectivity index (χ4v) is 4.84. The lowest BCUT2D eigenvalue weighted by Crippen LogP contribution is -2.35. The minimum atomic E-state index is -0.137. The number of carbonyl (C=O) groups excluding carboxylic acids is 1. The van der Waals surface area contributed by atoms with E-state index in [1.807, 2.05) is 7.05 Å². The van der Waals surface area contributed by atoms with Gasteiger partial charge in [-0.3, -0.25) is 4.79 Å². The van der Waals surface area contributed by atoms with Gasteiger partial charge in [-0.25, -0.2) is 15.0 Å². The molecule has 1 N–H and O–H groups in total. The van der Waals surface area contributed by atoms with Gasteiger partial charge in [-0.2, -0.15) is 0 Å². The predicted molar refractivity (Wildman–Crippen MR) is 124 cm³/mol. The van der Waals surface area contributed by atoms with Crippen molar-refractivity contribution < 1.29 is 4.79 Å². The number of nitrogens with one attached hydrogen (secondary N) is 1. The van der Waals surface area contributed by atoms with Gasteiger partial charge in [0.1, 0.15) is 6.33 Å². The molecule has 1 aromatic carbocycles. The summed E-state index contributed by atoms with van der Waals surface area (Å²) in [5.74, 6) is 1.71. The number of hydrogen-bond donors (Lipinski definition) is 1. The van der Waals surface area contributed by atoms with Gasteiger partial charge in [0, 0.05) is 44.4 Å². The average molecular weight is 430 g/mol. The molecule has 2 fully saturated rings. The molecule has 1 saturated carbocycles. The van der Waals surface area contributed by atoms with Crippen LogP contribution in [0.2, 0.25) is 0 Å². The smallest absolute Gasteiger partial charge is 0.287 e. The van der Waals surface area contributed by atoms with E-state index in [9.17, 15) is 4.79 Å². The largest absolute Gasteiger partial charge is 0.355 e. The second-order valence-electron chi connectivity index (χ2n) is 9.02. The first-order chi connectivity index (χ1) is 15.7. The number of hydrogen-bond acceptors (Lipinski definition) is 5. The zero-order valence-electron chi connectivity index (χ0n) is 18.2. The maximum Gasteiger partial charge on any atom is 0.287 e. The molecule has 8 heteroatoms. The zero-order valence-corrected chi connectivity index (χ0v) is 18.2. The number of fused-ring (bicyclic) bond motifs is 2. The maximum absolute atomic E-state index is 12.7. The lowest BCUT2D eigenvalue weighted by Gasteiger charge is -2.33.